The number of carbonyl (C=O) groups is 4. The van der Waals surface area contributed by atoms with Crippen LogP contribution in [0.5, 0.6) is 0 Å². The maximum absolute atomic E-state index is 13.6. The van der Waals surface area contributed by atoms with Gasteiger partial charge in [-0.2, -0.15) is 0 Å². The summed E-state index contributed by atoms with van der Waals surface area (Å²) in [5, 5.41) is 5.33. The number of methoxy groups -OCH3 is 2. The second-order valence-electron chi connectivity index (χ2n) is 14.2. The maximum Gasteiger partial charge on any atom is 0.407 e. The minimum absolute atomic E-state index is 0.136. The van der Waals surface area contributed by atoms with Crippen molar-refractivity contribution in [3.8, 4) is 33.6 Å². The van der Waals surface area contributed by atoms with Crippen molar-refractivity contribution < 1.29 is 33.4 Å². The highest BCUT2D eigenvalue weighted by atomic mass is 16.5. The molecule has 2 aliphatic heterocycles. The SMILES string of the molecule is COC(=O)N[C@H](C(=O)N1CC=CC1c1ncc(-c2ccc(-c3ccc(-c4cnc(C5COCCN5C(=O)[C@@H](NC(=O)OC)C(C)C)[nH]4)cc3)cc2)[nH]1)C(C)C. The molecule has 4 amide bonds. The van der Waals surface area contributed by atoms with Gasteiger partial charge in [-0.1, -0.05) is 88.4 Å². The molecular weight excluding hydrogens is 704 g/mol. The molecule has 0 saturated carbocycles. The lowest BCUT2D eigenvalue weighted by Gasteiger charge is -2.37. The number of nitrogens with one attached hydrogen (secondary N) is 4. The number of ether oxygens (including phenoxy) is 3. The number of benzene rings is 2. The van der Waals surface area contributed by atoms with Crippen molar-refractivity contribution in [1.29, 1.82) is 0 Å². The Bertz CT molecular complexity index is 2000. The molecule has 0 spiro atoms. The lowest BCUT2D eigenvalue weighted by Crippen LogP contribution is -2.54. The van der Waals surface area contributed by atoms with Crippen LogP contribution in [0.15, 0.2) is 73.1 Å². The van der Waals surface area contributed by atoms with Gasteiger partial charge in [-0.15, -0.1) is 0 Å². The summed E-state index contributed by atoms with van der Waals surface area (Å²) in [6.07, 6.45) is 6.06. The predicted octanol–water partition coefficient (Wildman–Crippen LogP) is 5.23. The summed E-state index contributed by atoms with van der Waals surface area (Å²) >= 11 is 0. The number of H-pyrrole nitrogens is 2. The largest absolute Gasteiger partial charge is 0.453 e. The first-order valence-electron chi connectivity index (χ1n) is 18.3. The monoisotopic (exact) mass is 752 g/mol. The maximum atomic E-state index is 13.6. The van der Waals surface area contributed by atoms with Crippen molar-refractivity contribution in [3.05, 3.63) is 84.7 Å². The van der Waals surface area contributed by atoms with Gasteiger partial charge in [0.15, 0.2) is 0 Å². The van der Waals surface area contributed by atoms with Gasteiger partial charge in [0.1, 0.15) is 35.8 Å². The third kappa shape index (κ3) is 8.56. The van der Waals surface area contributed by atoms with E-state index in [0.717, 1.165) is 33.6 Å². The Hall–Kier alpha value is -5.96. The molecule has 2 unspecified atom stereocenters. The molecule has 0 aliphatic carbocycles. The van der Waals surface area contributed by atoms with Gasteiger partial charge in [0.2, 0.25) is 11.8 Å². The molecule has 15 heteroatoms. The summed E-state index contributed by atoms with van der Waals surface area (Å²) in [7, 11) is 2.55. The number of hydrogen-bond acceptors (Lipinski definition) is 9. The van der Waals surface area contributed by atoms with Crippen LogP contribution in [-0.2, 0) is 23.8 Å². The van der Waals surface area contributed by atoms with Crippen molar-refractivity contribution in [3.63, 3.8) is 0 Å². The van der Waals surface area contributed by atoms with E-state index in [4.69, 9.17) is 14.2 Å². The molecule has 4 atom stereocenters. The van der Waals surface area contributed by atoms with E-state index in [-0.39, 0.29) is 30.3 Å². The standard InChI is InChI=1S/C40H48N8O7/c1-23(2)33(45-39(51)53-5)37(49)47-17-7-8-31(47)35-41-20-29(43-35)27-13-9-25(10-14-27)26-11-15-28(16-12-26)30-21-42-36(44-30)32-22-55-19-18-48(32)38(50)34(24(3)4)46-40(52)54-6/h7-16,20-21,23-24,31-34H,17-19,22H2,1-6H3,(H,41,43)(H,42,44)(H,45,51)(H,46,52)/t31?,32?,33-,34-/m0/s1. The minimum atomic E-state index is -0.750. The van der Waals surface area contributed by atoms with E-state index in [1.807, 2.05) is 88.4 Å². The van der Waals surface area contributed by atoms with Crippen molar-refractivity contribution >= 4 is 24.0 Å². The highest BCUT2D eigenvalue weighted by molar-refractivity contribution is 5.87. The quantitative estimate of drug-likeness (QED) is 0.149. The van der Waals surface area contributed by atoms with Gasteiger partial charge in [0, 0.05) is 13.1 Å². The Morgan fingerprint density at radius 2 is 1.20 bits per heavy atom. The van der Waals surface area contributed by atoms with Crippen LogP contribution in [0, 0.1) is 11.8 Å². The zero-order valence-electron chi connectivity index (χ0n) is 31.9. The van der Waals surface area contributed by atoms with Crippen LogP contribution in [0.4, 0.5) is 9.59 Å². The van der Waals surface area contributed by atoms with E-state index in [1.165, 1.54) is 14.2 Å². The first-order valence-corrected chi connectivity index (χ1v) is 18.3. The predicted molar refractivity (Wildman–Crippen MR) is 204 cm³/mol. The average Bonchev–Trinajstić information content (AvgIpc) is 4.00. The molecule has 4 heterocycles. The van der Waals surface area contributed by atoms with Crippen molar-refractivity contribution in [2.45, 2.75) is 51.9 Å². The van der Waals surface area contributed by atoms with E-state index in [1.54, 1.807) is 22.2 Å². The summed E-state index contributed by atoms with van der Waals surface area (Å²) in [5.41, 5.74) is 5.55. The first kappa shape index (κ1) is 38.8. The fraction of sp³-hybridized carbons (Fsp3) is 0.400. The summed E-state index contributed by atoms with van der Waals surface area (Å²) < 4.78 is 15.2. The zero-order valence-corrected chi connectivity index (χ0v) is 31.9. The highest BCUT2D eigenvalue weighted by Crippen LogP contribution is 2.31. The van der Waals surface area contributed by atoms with Crippen molar-refractivity contribution in [2.24, 2.45) is 11.8 Å². The van der Waals surface area contributed by atoms with Gasteiger partial charge in [0.05, 0.1) is 51.2 Å². The van der Waals surface area contributed by atoms with Crippen molar-refractivity contribution in [2.75, 3.05) is 40.5 Å². The molecule has 15 nitrogen and oxygen atoms in total. The van der Waals surface area contributed by atoms with Crippen LogP contribution in [0.3, 0.4) is 0 Å². The zero-order chi connectivity index (χ0) is 39.2. The van der Waals surface area contributed by atoms with Crippen LogP contribution in [0.25, 0.3) is 33.6 Å². The molecule has 0 radical (unpaired) electrons. The summed E-state index contributed by atoms with van der Waals surface area (Å²) in [6, 6.07) is 13.9. The number of hydrogen-bond donors (Lipinski definition) is 4. The normalized spacial score (nSPS) is 18.0. The molecule has 6 rings (SSSR count). The molecule has 2 aromatic heterocycles. The fourth-order valence-electron chi connectivity index (χ4n) is 6.81. The molecular formula is C40H48N8O7. The third-order valence-electron chi connectivity index (χ3n) is 9.95. The van der Waals surface area contributed by atoms with Crippen LogP contribution in [0.1, 0.15) is 51.4 Å². The summed E-state index contributed by atoms with van der Waals surface area (Å²) in [4.78, 5) is 70.4. The third-order valence-corrected chi connectivity index (χ3v) is 9.95. The lowest BCUT2D eigenvalue weighted by atomic mass is 10.0. The Morgan fingerprint density at radius 1 is 0.727 bits per heavy atom. The molecule has 2 aromatic carbocycles. The molecule has 55 heavy (non-hydrogen) atoms. The van der Waals surface area contributed by atoms with Gasteiger partial charge < -0.3 is 44.6 Å². The number of morpholine rings is 1. The van der Waals surface area contributed by atoms with Gasteiger partial charge in [-0.25, -0.2) is 19.6 Å². The van der Waals surface area contributed by atoms with Crippen LogP contribution in [-0.4, -0.2) is 106 Å². The molecule has 4 N–H and O–H groups in total. The Morgan fingerprint density at radius 3 is 1.71 bits per heavy atom. The van der Waals surface area contributed by atoms with E-state index in [9.17, 15) is 19.2 Å². The van der Waals surface area contributed by atoms with E-state index < -0.39 is 36.4 Å². The second-order valence-corrected chi connectivity index (χ2v) is 14.2. The highest BCUT2D eigenvalue weighted by Gasteiger charge is 2.37. The Kier molecular flexibility index (Phi) is 12.0. The molecule has 1 fully saturated rings. The fourth-order valence-corrected chi connectivity index (χ4v) is 6.81. The molecule has 0 bridgehead atoms. The van der Waals surface area contributed by atoms with Crippen LogP contribution in [0.2, 0.25) is 0 Å². The van der Waals surface area contributed by atoms with Gasteiger partial charge in [-0.3, -0.25) is 9.59 Å². The van der Waals surface area contributed by atoms with Gasteiger partial charge in [-0.05, 0) is 34.1 Å². The first-order chi connectivity index (χ1) is 26.5. The number of aromatic amines is 2. The molecule has 4 aromatic rings. The number of nitrogens with zero attached hydrogens (tertiary/aromatic N) is 4. The van der Waals surface area contributed by atoms with E-state index in [2.05, 4.69) is 30.6 Å². The lowest BCUT2D eigenvalue weighted by molar-refractivity contribution is -0.143. The Balaban J connectivity index is 1.12. The number of aromatic nitrogens is 4. The molecule has 1 saturated heterocycles. The van der Waals surface area contributed by atoms with Crippen LogP contribution >= 0.6 is 0 Å². The Labute approximate surface area is 319 Å². The minimum Gasteiger partial charge on any atom is -0.453 e. The van der Waals surface area contributed by atoms with Crippen molar-refractivity contribution in [1.82, 2.24) is 40.4 Å². The average molecular weight is 753 g/mol. The number of amides is 4. The second kappa shape index (κ2) is 17.0. The molecule has 2 aliphatic rings. The number of alkyl carbamates (subject to hydrolysis) is 2. The number of carbonyl (C=O) groups excluding carboxylic acids is 4. The summed E-state index contributed by atoms with van der Waals surface area (Å²) in [6.45, 7) is 8.95. The molecule has 290 valence electrons. The van der Waals surface area contributed by atoms with E-state index >= 15 is 0 Å². The number of imidazole rings is 2. The van der Waals surface area contributed by atoms with Crippen LogP contribution < -0.4 is 10.6 Å². The summed E-state index contributed by atoms with van der Waals surface area (Å²) in [5.74, 6) is 0.519. The topological polar surface area (TPSA) is 184 Å². The smallest absolute Gasteiger partial charge is 0.407 e. The van der Waals surface area contributed by atoms with E-state index in [0.29, 0.717) is 31.3 Å². The van der Waals surface area contributed by atoms with Gasteiger partial charge in [0.25, 0.3) is 0 Å². The number of rotatable bonds is 11. The van der Waals surface area contributed by atoms with Gasteiger partial charge >= 0.3 is 12.2 Å².